The van der Waals surface area contributed by atoms with Gasteiger partial charge in [-0.25, -0.2) is 8.78 Å². The quantitative estimate of drug-likeness (QED) is 0.762. The molecule has 0 saturated carbocycles. The zero-order valence-electron chi connectivity index (χ0n) is 11.1. The molecule has 0 aliphatic carbocycles. The van der Waals surface area contributed by atoms with E-state index in [1.165, 1.54) is 0 Å². The van der Waals surface area contributed by atoms with Crippen LogP contribution in [0.4, 0.5) is 8.78 Å². The van der Waals surface area contributed by atoms with E-state index in [0.717, 1.165) is 31.3 Å². The first-order valence-corrected chi connectivity index (χ1v) is 6.54. The zero-order chi connectivity index (χ0) is 14.3. The summed E-state index contributed by atoms with van der Waals surface area (Å²) < 4.78 is 26.1. The molecule has 3 nitrogen and oxygen atoms in total. The molecular weight excluding hydrogens is 252 g/mol. The number of benzene rings is 1. The number of hydrogen-bond donors (Lipinski definition) is 2. The lowest BCUT2D eigenvalue weighted by atomic mass is 10.1. The van der Waals surface area contributed by atoms with Crippen LogP contribution in [0, 0.1) is 11.6 Å². The summed E-state index contributed by atoms with van der Waals surface area (Å²) in [6.45, 7) is 4.30. The van der Waals surface area contributed by atoms with Crippen LogP contribution in [0.1, 0.15) is 31.4 Å². The van der Waals surface area contributed by atoms with Gasteiger partial charge in [0.25, 0.3) is 0 Å². The molecule has 0 spiro atoms. The fourth-order valence-corrected chi connectivity index (χ4v) is 1.96. The van der Waals surface area contributed by atoms with Crippen LogP contribution in [-0.4, -0.2) is 41.4 Å². The Morgan fingerprint density at radius 1 is 1.16 bits per heavy atom. The van der Waals surface area contributed by atoms with Crippen LogP contribution in [0.3, 0.4) is 0 Å². The Bertz CT molecular complexity index is 367. The van der Waals surface area contributed by atoms with Crippen molar-refractivity contribution in [2.75, 3.05) is 26.2 Å². The first kappa shape index (κ1) is 16.0. The van der Waals surface area contributed by atoms with Gasteiger partial charge >= 0.3 is 0 Å². The first-order chi connectivity index (χ1) is 9.06. The first-order valence-electron chi connectivity index (χ1n) is 6.54. The molecule has 108 valence electrons. The van der Waals surface area contributed by atoms with Crippen LogP contribution >= 0.6 is 0 Å². The van der Waals surface area contributed by atoms with E-state index >= 15 is 0 Å². The van der Waals surface area contributed by atoms with Gasteiger partial charge in [-0.1, -0.05) is 6.92 Å². The van der Waals surface area contributed by atoms with E-state index in [1.807, 2.05) is 6.92 Å². The minimum absolute atomic E-state index is 0.133. The Balaban J connectivity index is 2.51. The molecule has 0 radical (unpaired) electrons. The molecule has 1 aromatic carbocycles. The molecule has 19 heavy (non-hydrogen) atoms. The van der Waals surface area contributed by atoms with E-state index in [2.05, 4.69) is 4.90 Å². The number of aliphatic hydroxyl groups excluding tert-OH is 2. The van der Waals surface area contributed by atoms with Crippen molar-refractivity contribution in [3.8, 4) is 0 Å². The van der Waals surface area contributed by atoms with Gasteiger partial charge < -0.3 is 15.1 Å². The molecule has 1 unspecified atom stereocenters. The summed E-state index contributed by atoms with van der Waals surface area (Å²) in [5.41, 5.74) is 0.260. The maximum atomic E-state index is 13.0. The Morgan fingerprint density at radius 3 is 2.32 bits per heavy atom. The molecule has 0 heterocycles. The van der Waals surface area contributed by atoms with Crippen molar-refractivity contribution in [3.05, 3.63) is 35.4 Å². The summed E-state index contributed by atoms with van der Waals surface area (Å²) >= 11 is 0. The number of hydrogen-bond acceptors (Lipinski definition) is 3. The highest BCUT2D eigenvalue weighted by Crippen LogP contribution is 2.19. The van der Waals surface area contributed by atoms with Crippen molar-refractivity contribution in [3.63, 3.8) is 0 Å². The lowest BCUT2D eigenvalue weighted by Gasteiger charge is -2.21. The van der Waals surface area contributed by atoms with Gasteiger partial charge in [0, 0.05) is 25.8 Å². The van der Waals surface area contributed by atoms with E-state index in [1.54, 1.807) is 0 Å². The smallest absolute Gasteiger partial charge is 0.126 e. The highest BCUT2D eigenvalue weighted by Gasteiger charge is 2.12. The Labute approximate surface area is 112 Å². The summed E-state index contributed by atoms with van der Waals surface area (Å²) in [5, 5.41) is 18.7. The molecule has 0 amide bonds. The van der Waals surface area contributed by atoms with Crippen LogP contribution in [-0.2, 0) is 0 Å². The van der Waals surface area contributed by atoms with E-state index < -0.39 is 17.7 Å². The van der Waals surface area contributed by atoms with Crippen molar-refractivity contribution >= 4 is 0 Å². The van der Waals surface area contributed by atoms with Crippen LogP contribution in [0.15, 0.2) is 18.2 Å². The predicted octanol–water partition coefficient (Wildman–Crippen LogP) is 2.09. The molecule has 2 N–H and O–H groups in total. The number of halogens is 2. The fraction of sp³-hybridized carbons (Fsp3) is 0.571. The Hall–Kier alpha value is -1.04. The standard InChI is InChI=1S/C14H21F2NO2/c1-2-17(5-3-7-18)6-4-14(19)11-8-12(15)10-13(16)9-11/h8-10,14,18-19H,2-7H2,1H3. The van der Waals surface area contributed by atoms with Crippen molar-refractivity contribution in [1.29, 1.82) is 0 Å². The van der Waals surface area contributed by atoms with Gasteiger partial charge in [-0.2, -0.15) is 0 Å². The minimum atomic E-state index is -0.881. The average molecular weight is 273 g/mol. The summed E-state index contributed by atoms with van der Waals surface area (Å²) in [4.78, 5) is 2.08. The molecule has 0 aliphatic heterocycles. The third-order valence-corrected chi connectivity index (χ3v) is 3.07. The van der Waals surface area contributed by atoms with Crippen LogP contribution < -0.4 is 0 Å². The number of rotatable bonds is 8. The molecule has 0 aliphatic rings. The number of nitrogens with zero attached hydrogens (tertiary/aromatic N) is 1. The summed E-state index contributed by atoms with van der Waals surface area (Å²) in [5.74, 6) is -1.36. The fourth-order valence-electron chi connectivity index (χ4n) is 1.96. The molecule has 0 aromatic heterocycles. The third-order valence-electron chi connectivity index (χ3n) is 3.07. The molecule has 0 bridgehead atoms. The van der Waals surface area contributed by atoms with Crippen LogP contribution in [0.5, 0.6) is 0 Å². The lowest BCUT2D eigenvalue weighted by Crippen LogP contribution is -2.27. The van der Waals surface area contributed by atoms with Crippen molar-refractivity contribution in [2.45, 2.75) is 25.9 Å². The largest absolute Gasteiger partial charge is 0.396 e. The topological polar surface area (TPSA) is 43.7 Å². The van der Waals surface area contributed by atoms with Crippen LogP contribution in [0.2, 0.25) is 0 Å². The van der Waals surface area contributed by atoms with E-state index in [0.29, 0.717) is 19.4 Å². The average Bonchev–Trinajstić information content (AvgIpc) is 2.37. The molecule has 1 aromatic rings. The lowest BCUT2D eigenvalue weighted by molar-refractivity contribution is 0.139. The Morgan fingerprint density at radius 2 is 1.79 bits per heavy atom. The molecule has 0 fully saturated rings. The highest BCUT2D eigenvalue weighted by atomic mass is 19.1. The summed E-state index contributed by atoms with van der Waals surface area (Å²) in [7, 11) is 0. The SMILES string of the molecule is CCN(CCCO)CCC(O)c1cc(F)cc(F)c1. The minimum Gasteiger partial charge on any atom is -0.396 e. The number of aliphatic hydroxyl groups is 2. The van der Waals surface area contributed by atoms with Gasteiger partial charge in [-0.15, -0.1) is 0 Å². The maximum Gasteiger partial charge on any atom is 0.126 e. The van der Waals surface area contributed by atoms with E-state index in [9.17, 15) is 13.9 Å². The predicted molar refractivity (Wildman–Crippen MR) is 69.8 cm³/mol. The second kappa shape index (κ2) is 8.19. The third kappa shape index (κ3) is 5.63. The van der Waals surface area contributed by atoms with Gasteiger partial charge in [0.05, 0.1) is 6.10 Å². The van der Waals surface area contributed by atoms with E-state index in [4.69, 9.17) is 5.11 Å². The Kier molecular flexibility index (Phi) is 6.91. The van der Waals surface area contributed by atoms with E-state index in [-0.39, 0.29) is 12.2 Å². The monoisotopic (exact) mass is 273 g/mol. The highest BCUT2D eigenvalue weighted by molar-refractivity contribution is 5.20. The van der Waals surface area contributed by atoms with Gasteiger partial charge in [-0.05, 0) is 37.1 Å². The second-order valence-corrected chi connectivity index (χ2v) is 4.52. The van der Waals surface area contributed by atoms with Crippen molar-refractivity contribution in [2.24, 2.45) is 0 Å². The zero-order valence-corrected chi connectivity index (χ0v) is 11.1. The molecule has 1 rings (SSSR count). The maximum absolute atomic E-state index is 13.0. The van der Waals surface area contributed by atoms with Gasteiger partial charge in [0.15, 0.2) is 0 Å². The van der Waals surface area contributed by atoms with Gasteiger partial charge in [-0.3, -0.25) is 0 Å². The summed E-state index contributed by atoms with van der Waals surface area (Å²) in [6, 6.07) is 3.09. The van der Waals surface area contributed by atoms with Gasteiger partial charge in [0.1, 0.15) is 11.6 Å². The molecule has 5 heteroatoms. The summed E-state index contributed by atoms with van der Waals surface area (Å²) in [6.07, 6.45) is 0.203. The van der Waals surface area contributed by atoms with Gasteiger partial charge in [0.2, 0.25) is 0 Å². The van der Waals surface area contributed by atoms with Crippen molar-refractivity contribution < 1.29 is 19.0 Å². The molecule has 0 saturated heterocycles. The molecule has 1 atom stereocenters. The van der Waals surface area contributed by atoms with Crippen molar-refractivity contribution in [1.82, 2.24) is 4.90 Å². The molecular formula is C14H21F2NO2. The van der Waals surface area contributed by atoms with Crippen LogP contribution in [0.25, 0.3) is 0 Å². The normalized spacial score (nSPS) is 12.9. The second-order valence-electron chi connectivity index (χ2n) is 4.52.